The number of thioether (sulfide) groups is 1. The van der Waals surface area contributed by atoms with Crippen LogP contribution < -0.4 is 0 Å². The SMILES string of the molecule is CN(C)S(=O)(=O)N1CCC(CSc2ccccc2)CC1. The molecule has 1 fully saturated rings. The number of nitrogens with zero attached hydrogens (tertiary/aromatic N) is 2. The Hall–Kier alpha value is -0.560. The van der Waals surface area contributed by atoms with Gasteiger partial charge in [0.15, 0.2) is 0 Å². The molecule has 2 rings (SSSR count). The van der Waals surface area contributed by atoms with E-state index in [1.807, 2.05) is 17.8 Å². The third-order valence-electron chi connectivity index (χ3n) is 3.59. The van der Waals surface area contributed by atoms with Gasteiger partial charge in [-0.2, -0.15) is 17.0 Å². The summed E-state index contributed by atoms with van der Waals surface area (Å²) in [5.74, 6) is 1.67. The molecule has 0 saturated carbocycles. The maximum Gasteiger partial charge on any atom is 0.281 e. The van der Waals surface area contributed by atoms with Gasteiger partial charge in [-0.3, -0.25) is 0 Å². The van der Waals surface area contributed by atoms with Crippen LogP contribution >= 0.6 is 11.8 Å². The van der Waals surface area contributed by atoms with Gasteiger partial charge in [0, 0.05) is 37.8 Å². The molecule has 0 aromatic heterocycles. The van der Waals surface area contributed by atoms with E-state index in [1.54, 1.807) is 18.4 Å². The predicted molar refractivity (Wildman–Crippen MR) is 84.1 cm³/mol. The van der Waals surface area contributed by atoms with Gasteiger partial charge >= 0.3 is 0 Å². The minimum Gasteiger partial charge on any atom is -0.195 e. The molecule has 0 unspecified atom stereocenters. The maximum absolute atomic E-state index is 12.0. The summed E-state index contributed by atoms with van der Waals surface area (Å²) in [5.41, 5.74) is 0. The summed E-state index contributed by atoms with van der Waals surface area (Å²) in [7, 11) is -0.0507. The van der Waals surface area contributed by atoms with Crippen LogP contribution in [-0.4, -0.2) is 50.0 Å². The van der Waals surface area contributed by atoms with E-state index in [-0.39, 0.29) is 0 Å². The van der Waals surface area contributed by atoms with Crippen molar-refractivity contribution in [2.24, 2.45) is 5.92 Å². The fraction of sp³-hybridized carbons (Fsp3) is 0.571. The minimum atomic E-state index is -3.23. The van der Waals surface area contributed by atoms with Gasteiger partial charge in [-0.15, -0.1) is 11.8 Å². The summed E-state index contributed by atoms with van der Waals surface area (Å²) < 4.78 is 26.9. The summed E-state index contributed by atoms with van der Waals surface area (Å²) in [5, 5.41) is 0. The normalized spacial score (nSPS) is 18.6. The molecule has 0 aliphatic carbocycles. The molecular weight excluding hydrogens is 292 g/mol. The van der Waals surface area contributed by atoms with E-state index >= 15 is 0 Å². The third kappa shape index (κ3) is 3.97. The Labute approximate surface area is 126 Å². The van der Waals surface area contributed by atoms with Gasteiger partial charge in [-0.05, 0) is 30.9 Å². The Morgan fingerprint density at radius 3 is 2.35 bits per heavy atom. The second-order valence-electron chi connectivity index (χ2n) is 5.26. The van der Waals surface area contributed by atoms with Crippen molar-refractivity contribution in [1.29, 1.82) is 0 Å². The molecule has 0 spiro atoms. The van der Waals surface area contributed by atoms with Crippen LogP contribution in [0.2, 0.25) is 0 Å². The first-order valence-electron chi connectivity index (χ1n) is 6.85. The van der Waals surface area contributed by atoms with Crippen LogP contribution in [0.5, 0.6) is 0 Å². The van der Waals surface area contributed by atoms with Gasteiger partial charge in [0.05, 0.1) is 0 Å². The quantitative estimate of drug-likeness (QED) is 0.783. The number of hydrogen-bond acceptors (Lipinski definition) is 3. The molecule has 0 N–H and O–H groups in total. The molecule has 1 heterocycles. The van der Waals surface area contributed by atoms with Crippen LogP contribution in [0.25, 0.3) is 0 Å². The van der Waals surface area contributed by atoms with E-state index < -0.39 is 10.2 Å². The molecule has 6 heteroatoms. The molecule has 1 aromatic carbocycles. The van der Waals surface area contributed by atoms with E-state index in [9.17, 15) is 8.42 Å². The number of piperidine rings is 1. The summed E-state index contributed by atoms with van der Waals surface area (Å²) in [6.45, 7) is 1.28. The Morgan fingerprint density at radius 2 is 1.80 bits per heavy atom. The summed E-state index contributed by atoms with van der Waals surface area (Å²) in [6, 6.07) is 10.4. The van der Waals surface area contributed by atoms with Gasteiger partial charge in [-0.25, -0.2) is 0 Å². The monoisotopic (exact) mass is 314 g/mol. The highest BCUT2D eigenvalue weighted by Crippen LogP contribution is 2.27. The smallest absolute Gasteiger partial charge is 0.195 e. The molecule has 0 amide bonds. The lowest BCUT2D eigenvalue weighted by molar-refractivity contribution is 0.278. The zero-order chi connectivity index (χ0) is 14.6. The highest BCUT2D eigenvalue weighted by Gasteiger charge is 2.29. The zero-order valence-electron chi connectivity index (χ0n) is 12.0. The lowest BCUT2D eigenvalue weighted by Crippen LogP contribution is -2.44. The van der Waals surface area contributed by atoms with E-state index in [2.05, 4.69) is 24.3 Å². The maximum atomic E-state index is 12.0. The third-order valence-corrected chi connectivity index (χ3v) is 6.77. The zero-order valence-corrected chi connectivity index (χ0v) is 13.7. The lowest BCUT2D eigenvalue weighted by atomic mass is 10.0. The minimum absolute atomic E-state index is 0.605. The van der Waals surface area contributed by atoms with Crippen LogP contribution in [0.15, 0.2) is 35.2 Å². The molecule has 4 nitrogen and oxygen atoms in total. The van der Waals surface area contributed by atoms with E-state index in [1.165, 1.54) is 9.20 Å². The lowest BCUT2D eigenvalue weighted by Gasteiger charge is -2.32. The average Bonchev–Trinajstić information content (AvgIpc) is 2.46. The van der Waals surface area contributed by atoms with E-state index in [4.69, 9.17) is 0 Å². The first kappa shape index (κ1) is 15.8. The van der Waals surface area contributed by atoms with Crippen LogP contribution in [0, 0.1) is 5.92 Å². The first-order valence-corrected chi connectivity index (χ1v) is 9.24. The van der Waals surface area contributed by atoms with Crippen molar-refractivity contribution in [3.8, 4) is 0 Å². The van der Waals surface area contributed by atoms with Crippen molar-refractivity contribution in [2.75, 3.05) is 32.9 Å². The number of benzene rings is 1. The van der Waals surface area contributed by atoms with Gasteiger partial charge in [0.2, 0.25) is 0 Å². The van der Waals surface area contributed by atoms with Crippen molar-refractivity contribution in [3.05, 3.63) is 30.3 Å². The Kier molecular flexibility index (Phi) is 5.49. The summed E-state index contributed by atoms with van der Waals surface area (Å²) in [6.07, 6.45) is 1.90. The number of rotatable bonds is 5. The fourth-order valence-corrected chi connectivity index (χ4v) is 4.51. The fourth-order valence-electron chi connectivity index (χ4n) is 2.27. The predicted octanol–water partition coefficient (Wildman–Crippen LogP) is 2.30. The van der Waals surface area contributed by atoms with Crippen molar-refractivity contribution >= 4 is 22.0 Å². The Morgan fingerprint density at radius 1 is 1.20 bits per heavy atom. The molecule has 1 aliphatic heterocycles. The Balaban J connectivity index is 1.80. The van der Waals surface area contributed by atoms with Gasteiger partial charge in [-0.1, -0.05) is 18.2 Å². The van der Waals surface area contributed by atoms with Crippen LogP contribution in [-0.2, 0) is 10.2 Å². The second-order valence-corrected chi connectivity index (χ2v) is 8.49. The first-order chi connectivity index (χ1) is 9.50. The summed E-state index contributed by atoms with van der Waals surface area (Å²) >= 11 is 1.86. The molecule has 0 radical (unpaired) electrons. The van der Waals surface area contributed by atoms with Crippen LogP contribution in [0.1, 0.15) is 12.8 Å². The molecule has 112 valence electrons. The highest BCUT2D eigenvalue weighted by molar-refractivity contribution is 7.99. The van der Waals surface area contributed by atoms with Crippen molar-refractivity contribution < 1.29 is 8.42 Å². The molecule has 20 heavy (non-hydrogen) atoms. The standard InChI is InChI=1S/C14H22N2O2S2/c1-15(2)20(17,18)16-10-8-13(9-11-16)12-19-14-6-4-3-5-7-14/h3-7,13H,8-12H2,1-2H3. The molecule has 1 aliphatic rings. The molecule has 0 atom stereocenters. The van der Waals surface area contributed by atoms with E-state index in [0.717, 1.165) is 18.6 Å². The van der Waals surface area contributed by atoms with Crippen LogP contribution in [0.3, 0.4) is 0 Å². The molecular formula is C14H22N2O2S2. The molecule has 1 saturated heterocycles. The van der Waals surface area contributed by atoms with Gasteiger partial charge in [0.25, 0.3) is 10.2 Å². The second kappa shape index (κ2) is 6.93. The molecule has 0 bridgehead atoms. The number of hydrogen-bond donors (Lipinski definition) is 0. The van der Waals surface area contributed by atoms with Crippen LogP contribution in [0.4, 0.5) is 0 Å². The highest BCUT2D eigenvalue weighted by atomic mass is 32.2. The summed E-state index contributed by atoms with van der Waals surface area (Å²) in [4.78, 5) is 1.29. The Bertz CT molecular complexity index is 509. The average molecular weight is 314 g/mol. The topological polar surface area (TPSA) is 40.6 Å². The van der Waals surface area contributed by atoms with Crippen molar-refractivity contribution in [2.45, 2.75) is 17.7 Å². The van der Waals surface area contributed by atoms with E-state index in [0.29, 0.717) is 19.0 Å². The van der Waals surface area contributed by atoms with Gasteiger partial charge in [0.1, 0.15) is 0 Å². The van der Waals surface area contributed by atoms with Crippen molar-refractivity contribution in [1.82, 2.24) is 8.61 Å². The van der Waals surface area contributed by atoms with Crippen molar-refractivity contribution in [3.63, 3.8) is 0 Å². The van der Waals surface area contributed by atoms with Gasteiger partial charge < -0.3 is 0 Å². The molecule has 1 aromatic rings. The largest absolute Gasteiger partial charge is 0.281 e.